The second kappa shape index (κ2) is 5.92. The van der Waals surface area contributed by atoms with Crippen molar-refractivity contribution in [1.82, 2.24) is 15.5 Å². The van der Waals surface area contributed by atoms with Crippen LogP contribution in [0.2, 0.25) is 0 Å². The lowest BCUT2D eigenvalue weighted by Gasteiger charge is -1.96. The predicted molar refractivity (Wildman–Crippen MR) is 52.4 cm³/mol. The molecule has 0 radical (unpaired) electrons. The molecule has 2 N–H and O–H groups in total. The van der Waals surface area contributed by atoms with Gasteiger partial charge >= 0.3 is 5.97 Å². The van der Waals surface area contributed by atoms with Crippen molar-refractivity contribution in [2.45, 2.75) is 13.3 Å². The first-order chi connectivity index (χ1) is 7.18. The van der Waals surface area contributed by atoms with E-state index in [0.29, 0.717) is 31.2 Å². The SMILES string of the molecule is Cc1noc(CCNC/C=C/C(=O)O)n1. The fourth-order valence-corrected chi connectivity index (χ4v) is 0.982. The Morgan fingerprint density at radius 3 is 3.07 bits per heavy atom. The van der Waals surface area contributed by atoms with Crippen LogP contribution in [0.4, 0.5) is 0 Å². The maximum atomic E-state index is 10.1. The van der Waals surface area contributed by atoms with Crippen LogP contribution in [-0.2, 0) is 11.2 Å². The molecule has 0 aromatic carbocycles. The molecule has 1 aromatic heterocycles. The average molecular weight is 211 g/mol. The molecule has 1 heterocycles. The zero-order chi connectivity index (χ0) is 11.1. The van der Waals surface area contributed by atoms with Crippen molar-refractivity contribution >= 4 is 5.97 Å². The van der Waals surface area contributed by atoms with Gasteiger partial charge in [0.15, 0.2) is 5.82 Å². The molecule has 6 heteroatoms. The molecule has 0 saturated carbocycles. The number of rotatable bonds is 6. The molecule has 0 aliphatic rings. The van der Waals surface area contributed by atoms with Crippen LogP contribution >= 0.6 is 0 Å². The van der Waals surface area contributed by atoms with Crippen molar-refractivity contribution in [2.75, 3.05) is 13.1 Å². The standard InChI is InChI=1S/C9H13N3O3/c1-7-11-8(15-12-7)4-6-10-5-2-3-9(13)14/h2-3,10H,4-6H2,1H3,(H,13,14)/b3-2+. The number of carbonyl (C=O) groups is 1. The maximum Gasteiger partial charge on any atom is 0.328 e. The van der Waals surface area contributed by atoms with Gasteiger partial charge in [-0.15, -0.1) is 0 Å². The molecule has 6 nitrogen and oxygen atoms in total. The molecule has 0 spiro atoms. The quantitative estimate of drug-likeness (QED) is 0.514. The Morgan fingerprint density at radius 2 is 2.47 bits per heavy atom. The van der Waals surface area contributed by atoms with Crippen LogP contribution < -0.4 is 5.32 Å². The van der Waals surface area contributed by atoms with E-state index in [-0.39, 0.29) is 0 Å². The number of aryl methyl sites for hydroxylation is 1. The van der Waals surface area contributed by atoms with Gasteiger partial charge in [-0.25, -0.2) is 4.79 Å². The summed E-state index contributed by atoms with van der Waals surface area (Å²) in [5.74, 6) is 0.266. The van der Waals surface area contributed by atoms with Gasteiger partial charge < -0.3 is 14.9 Å². The summed E-state index contributed by atoms with van der Waals surface area (Å²) in [6.45, 7) is 2.95. The monoisotopic (exact) mass is 211 g/mol. The number of carboxylic acids is 1. The van der Waals surface area contributed by atoms with E-state index in [4.69, 9.17) is 9.63 Å². The van der Waals surface area contributed by atoms with Crippen LogP contribution in [0.1, 0.15) is 11.7 Å². The Hall–Kier alpha value is -1.69. The molecule has 0 atom stereocenters. The Morgan fingerprint density at radius 1 is 1.67 bits per heavy atom. The van der Waals surface area contributed by atoms with Gasteiger partial charge in [0.25, 0.3) is 0 Å². The summed E-state index contributed by atoms with van der Waals surface area (Å²) in [7, 11) is 0. The van der Waals surface area contributed by atoms with Gasteiger partial charge in [0.05, 0.1) is 0 Å². The summed E-state index contributed by atoms with van der Waals surface area (Å²) in [4.78, 5) is 14.1. The lowest BCUT2D eigenvalue weighted by atomic mass is 10.4. The molecule has 0 fully saturated rings. The lowest BCUT2D eigenvalue weighted by molar-refractivity contribution is -0.131. The fraction of sp³-hybridized carbons (Fsp3) is 0.444. The van der Waals surface area contributed by atoms with E-state index in [9.17, 15) is 4.79 Å². The van der Waals surface area contributed by atoms with Crippen molar-refractivity contribution in [2.24, 2.45) is 0 Å². The third-order valence-electron chi connectivity index (χ3n) is 1.61. The summed E-state index contributed by atoms with van der Waals surface area (Å²) < 4.78 is 4.90. The Balaban J connectivity index is 2.09. The van der Waals surface area contributed by atoms with Gasteiger partial charge in [0.1, 0.15) is 0 Å². The topological polar surface area (TPSA) is 88.2 Å². The van der Waals surface area contributed by atoms with Crippen LogP contribution in [0.3, 0.4) is 0 Å². The molecule has 0 aliphatic carbocycles. The summed E-state index contributed by atoms with van der Waals surface area (Å²) in [6.07, 6.45) is 3.28. The number of carboxylic acid groups (broad SMARTS) is 1. The van der Waals surface area contributed by atoms with Gasteiger partial charge in [0.2, 0.25) is 5.89 Å². The first-order valence-electron chi connectivity index (χ1n) is 4.58. The molecular weight excluding hydrogens is 198 g/mol. The van der Waals surface area contributed by atoms with Crippen LogP contribution in [-0.4, -0.2) is 34.3 Å². The molecule has 0 aliphatic heterocycles. The summed E-state index contributed by atoms with van der Waals surface area (Å²) in [6, 6.07) is 0. The minimum atomic E-state index is -0.940. The molecule has 1 rings (SSSR count). The molecule has 0 bridgehead atoms. The highest BCUT2D eigenvalue weighted by atomic mass is 16.5. The number of nitrogens with zero attached hydrogens (tertiary/aromatic N) is 2. The second-order valence-electron chi connectivity index (χ2n) is 2.93. The summed E-state index contributed by atoms with van der Waals surface area (Å²) >= 11 is 0. The largest absolute Gasteiger partial charge is 0.478 e. The van der Waals surface area contributed by atoms with E-state index in [2.05, 4.69) is 15.5 Å². The molecule has 0 saturated heterocycles. The molecule has 0 amide bonds. The zero-order valence-electron chi connectivity index (χ0n) is 8.43. The Bertz CT molecular complexity index is 346. The smallest absolute Gasteiger partial charge is 0.328 e. The van der Waals surface area contributed by atoms with Gasteiger partial charge in [-0.1, -0.05) is 11.2 Å². The Kier molecular flexibility index (Phi) is 4.49. The van der Waals surface area contributed by atoms with Gasteiger partial charge in [0, 0.05) is 25.6 Å². The van der Waals surface area contributed by atoms with Crippen molar-refractivity contribution in [3.63, 3.8) is 0 Å². The fourth-order valence-electron chi connectivity index (χ4n) is 0.982. The first-order valence-corrected chi connectivity index (χ1v) is 4.58. The molecular formula is C9H13N3O3. The van der Waals surface area contributed by atoms with E-state index in [1.807, 2.05) is 0 Å². The minimum absolute atomic E-state index is 0.513. The zero-order valence-corrected chi connectivity index (χ0v) is 8.43. The highest BCUT2D eigenvalue weighted by Crippen LogP contribution is 1.95. The van der Waals surface area contributed by atoms with Crippen molar-refractivity contribution in [1.29, 1.82) is 0 Å². The third-order valence-corrected chi connectivity index (χ3v) is 1.61. The third kappa shape index (κ3) is 4.92. The van der Waals surface area contributed by atoms with Crippen LogP contribution in [0.5, 0.6) is 0 Å². The van der Waals surface area contributed by atoms with E-state index in [0.717, 1.165) is 6.08 Å². The van der Waals surface area contributed by atoms with Crippen LogP contribution in [0.15, 0.2) is 16.7 Å². The van der Waals surface area contributed by atoms with Crippen molar-refractivity contribution < 1.29 is 14.4 Å². The van der Waals surface area contributed by atoms with Crippen LogP contribution in [0.25, 0.3) is 0 Å². The normalized spacial score (nSPS) is 11.0. The molecule has 1 aromatic rings. The van der Waals surface area contributed by atoms with E-state index >= 15 is 0 Å². The lowest BCUT2D eigenvalue weighted by Crippen LogP contribution is -2.17. The predicted octanol–water partition coefficient (Wildman–Crippen LogP) is 0.151. The van der Waals surface area contributed by atoms with Crippen molar-refractivity contribution in [3.05, 3.63) is 23.9 Å². The van der Waals surface area contributed by atoms with Crippen LogP contribution in [0, 0.1) is 6.92 Å². The van der Waals surface area contributed by atoms with Gasteiger partial charge in [-0.05, 0) is 6.92 Å². The number of aromatic nitrogens is 2. The van der Waals surface area contributed by atoms with E-state index in [1.165, 1.54) is 0 Å². The average Bonchev–Trinajstić information content (AvgIpc) is 2.57. The molecule has 0 unspecified atom stereocenters. The van der Waals surface area contributed by atoms with Crippen molar-refractivity contribution in [3.8, 4) is 0 Å². The number of hydrogen-bond donors (Lipinski definition) is 2. The minimum Gasteiger partial charge on any atom is -0.478 e. The van der Waals surface area contributed by atoms with Gasteiger partial charge in [-0.2, -0.15) is 4.98 Å². The highest BCUT2D eigenvalue weighted by Gasteiger charge is 2.00. The van der Waals surface area contributed by atoms with Gasteiger partial charge in [-0.3, -0.25) is 0 Å². The summed E-state index contributed by atoms with van der Waals surface area (Å²) in [5, 5.41) is 15.0. The summed E-state index contributed by atoms with van der Waals surface area (Å²) in [5.41, 5.74) is 0. The number of nitrogens with one attached hydrogen (secondary N) is 1. The van der Waals surface area contributed by atoms with E-state index < -0.39 is 5.97 Å². The maximum absolute atomic E-state index is 10.1. The Labute approximate surface area is 87.0 Å². The molecule has 82 valence electrons. The second-order valence-corrected chi connectivity index (χ2v) is 2.93. The number of hydrogen-bond acceptors (Lipinski definition) is 5. The van der Waals surface area contributed by atoms with E-state index in [1.54, 1.807) is 13.0 Å². The molecule has 15 heavy (non-hydrogen) atoms. The number of aliphatic carboxylic acids is 1. The highest BCUT2D eigenvalue weighted by molar-refractivity contribution is 5.79. The first kappa shape index (κ1) is 11.4.